The van der Waals surface area contributed by atoms with Gasteiger partial charge >= 0.3 is 0 Å². The molecule has 0 spiro atoms. The number of hydrogen-bond acceptors (Lipinski definition) is 4. The van der Waals surface area contributed by atoms with E-state index in [1.807, 2.05) is 0 Å². The van der Waals surface area contributed by atoms with Gasteiger partial charge in [0.25, 0.3) is 5.91 Å². The second-order valence-electron chi connectivity index (χ2n) is 2.62. The maximum atomic E-state index is 10.7. The number of ether oxygens (including phenoxy) is 1. The van der Waals surface area contributed by atoms with E-state index < -0.39 is 5.91 Å². The topological polar surface area (TPSA) is 70.6 Å². The normalized spacial score (nSPS) is 9.29. The van der Waals surface area contributed by atoms with Crippen molar-refractivity contribution in [3.63, 3.8) is 0 Å². The van der Waals surface area contributed by atoms with E-state index in [0.29, 0.717) is 5.75 Å². The van der Waals surface area contributed by atoms with Gasteiger partial charge in [-0.3, -0.25) is 10.0 Å². The van der Waals surface area contributed by atoms with E-state index in [-0.39, 0.29) is 6.54 Å². The highest BCUT2D eigenvalue weighted by Crippen LogP contribution is 2.15. The van der Waals surface area contributed by atoms with Crippen molar-refractivity contribution >= 4 is 11.6 Å². The summed E-state index contributed by atoms with van der Waals surface area (Å²) in [5, 5.41) is 11.1. The molecule has 3 N–H and O–H groups in total. The molecule has 5 nitrogen and oxygen atoms in total. The number of hydrogen-bond donors (Lipinski definition) is 3. The molecule has 5 heteroatoms. The summed E-state index contributed by atoms with van der Waals surface area (Å²) in [6.45, 7) is 0.0175. The molecule has 0 saturated carbocycles. The number of carbonyl (C=O) groups is 1. The Hall–Kier alpha value is -1.75. The highest BCUT2D eigenvalue weighted by molar-refractivity contribution is 5.79. The predicted octanol–water partition coefficient (Wildman–Crippen LogP) is 0.613. The molecule has 0 aliphatic rings. The Morgan fingerprint density at radius 2 is 2.36 bits per heavy atom. The molecule has 0 aliphatic carbocycles. The molecule has 0 aromatic heterocycles. The fourth-order valence-corrected chi connectivity index (χ4v) is 0.955. The number of nitrogens with one attached hydrogen (secondary N) is 2. The van der Waals surface area contributed by atoms with Crippen molar-refractivity contribution in [3.8, 4) is 5.75 Å². The van der Waals surface area contributed by atoms with Crippen LogP contribution in [0.25, 0.3) is 0 Å². The van der Waals surface area contributed by atoms with E-state index in [2.05, 4.69) is 5.32 Å². The summed E-state index contributed by atoms with van der Waals surface area (Å²) in [4.78, 5) is 10.7. The van der Waals surface area contributed by atoms with E-state index in [0.717, 1.165) is 5.69 Å². The average molecular weight is 196 g/mol. The van der Waals surface area contributed by atoms with Crippen molar-refractivity contribution in [2.45, 2.75) is 0 Å². The summed E-state index contributed by atoms with van der Waals surface area (Å²) in [5.74, 6) is 0.215. The van der Waals surface area contributed by atoms with Crippen molar-refractivity contribution < 1.29 is 14.7 Å². The van der Waals surface area contributed by atoms with E-state index in [1.54, 1.807) is 31.4 Å². The lowest BCUT2D eigenvalue weighted by molar-refractivity contribution is -0.127. The van der Waals surface area contributed by atoms with Crippen molar-refractivity contribution in [1.82, 2.24) is 5.48 Å². The predicted molar refractivity (Wildman–Crippen MR) is 51.4 cm³/mol. The van der Waals surface area contributed by atoms with Crippen LogP contribution in [0, 0.1) is 0 Å². The zero-order chi connectivity index (χ0) is 10.4. The number of amides is 1. The molecule has 0 bridgehead atoms. The van der Waals surface area contributed by atoms with Crippen LogP contribution in [0.3, 0.4) is 0 Å². The van der Waals surface area contributed by atoms with Crippen molar-refractivity contribution in [2.75, 3.05) is 19.0 Å². The molecule has 0 radical (unpaired) electrons. The van der Waals surface area contributed by atoms with Crippen molar-refractivity contribution in [1.29, 1.82) is 0 Å². The summed E-state index contributed by atoms with van der Waals surface area (Å²) in [5.41, 5.74) is 2.29. The molecule has 0 aliphatic heterocycles. The summed E-state index contributed by atoms with van der Waals surface area (Å²) in [7, 11) is 1.57. The largest absolute Gasteiger partial charge is 0.497 e. The van der Waals surface area contributed by atoms with Gasteiger partial charge < -0.3 is 10.1 Å². The van der Waals surface area contributed by atoms with Crippen LogP contribution in [0.15, 0.2) is 24.3 Å². The molecule has 0 unspecified atom stereocenters. The molecule has 1 aromatic carbocycles. The van der Waals surface area contributed by atoms with Gasteiger partial charge in [-0.15, -0.1) is 0 Å². The monoisotopic (exact) mass is 196 g/mol. The Morgan fingerprint density at radius 3 is 3.00 bits per heavy atom. The van der Waals surface area contributed by atoms with E-state index >= 15 is 0 Å². The van der Waals surface area contributed by atoms with Gasteiger partial charge in [-0.25, -0.2) is 5.48 Å². The Bertz CT molecular complexity index is 315. The van der Waals surface area contributed by atoms with Gasteiger partial charge in [0, 0.05) is 11.8 Å². The Kier molecular flexibility index (Phi) is 3.75. The van der Waals surface area contributed by atoms with E-state index in [1.165, 1.54) is 5.48 Å². The summed E-state index contributed by atoms with van der Waals surface area (Å²) in [6.07, 6.45) is 0. The minimum atomic E-state index is -0.493. The fourth-order valence-electron chi connectivity index (χ4n) is 0.955. The number of benzene rings is 1. The number of hydroxylamine groups is 1. The van der Waals surface area contributed by atoms with Crippen LogP contribution in [-0.4, -0.2) is 24.8 Å². The van der Waals surface area contributed by atoms with Crippen LogP contribution in [0.5, 0.6) is 5.75 Å². The summed E-state index contributed by atoms with van der Waals surface area (Å²) < 4.78 is 5.00. The molecule has 1 aromatic rings. The molecule has 0 heterocycles. The molecule has 76 valence electrons. The minimum Gasteiger partial charge on any atom is -0.497 e. The van der Waals surface area contributed by atoms with Crippen LogP contribution in [0.2, 0.25) is 0 Å². The first-order valence-electron chi connectivity index (χ1n) is 4.07. The first-order valence-corrected chi connectivity index (χ1v) is 4.07. The minimum absolute atomic E-state index is 0.0175. The smallest absolute Gasteiger partial charge is 0.262 e. The molecule has 14 heavy (non-hydrogen) atoms. The molecule has 0 fully saturated rings. The Balaban J connectivity index is 2.54. The van der Waals surface area contributed by atoms with Crippen LogP contribution in [-0.2, 0) is 4.79 Å². The fraction of sp³-hybridized carbons (Fsp3) is 0.222. The Morgan fingerprint density at radius 1 is 1.57 bits per heavy atom. The van der Waals surface area contributed by atoms with Crippen LogP contribution < -0.4 is 15.5 Å². The molecular weight excluding hydrogens is 184 g/mol. The molecule has 1 rings (SSSR count). The number of carbonyl (C=O) groups excluding carboxylic acids is 1. The standard InChI is InChI=1S/C9H12N2O3/c1-14-8-4-2-3-7(5-8)10-6-9(12)11-13/h2-5,10,13H,6H2,1H3,(H,11,12). The molecule has 0 saturated heterocycles. The maximum Gasteiger partial charge on any atom is 0.262 e. The van der Waals surface area contributed by atoms with Crippen molar-refractivity contribution in [2.24, 2.45) is 0 Å². The third-order valence-corrected chi connectivity index (χ3v) is 1.65. The molecular formula is C9H12N2O3. The van der Waals surface area contributed by atoms with E-state index in [4.69, 9.17) is 9.94 Å². The lowest BCUT2D eigenvalue weighted by Crippen LogP contribution is -2.26. The third-order valence-electron chi connectivity index (χ3n) is 1.65. The average Bonchev–Trinajstić information content (AvgIpc) is 2.26. The zero-order valence-electron chi connectivity index (χ0n) is 7.78. The first kappa shape index (κ1) is 10.3. The summed E-state index contributed by atoms with van der Waals surface area (Å²) >= 11 is 0. The maximum absolute atomic E-state index is 10.7. The van der Waals surface area contributed by atoms with E-state index in [9.17, 15) is 4.79 Å². The van der Waals surface area contributed by atoms with Gasteiger partial charge in [-0.2, -0.15) is 0 Å². The van der Waals surface area contributed by atoms with Crippen LogP contribution in [0.4, 0.5) is 5.69 Å². The van der Waals surface area contributed by atoms with Crippen molar-refractivity contribution in [3.05, 3.63) is 24.3 Å². The first-order chi connectivity index (χ1) is 6.76. The SMILES string of the molecule is COc1cccc(NCC(=O)NO)c1. The summed E-state index contributed by atoms with van der Waals surface area (Å²) in [6, 6.07) is 7.16. The molecule has 0 atom stereocenters. The zero-order valence-corrected chi connectivity index (χ0v) is 7.78. The van der Waals surface area contributed by atoms with Gasteiger partial charge in [0.2, 0.25) is 0 Å². The third kappa shape index (κ3) is 2.95. The quantitative estimate of drug-likeness (QED) is 0.487. The highest BCUT2D eigenvalue weighted by atomic mass is 16.5. The second kappa shape index (κ2) is 5.08. The molecule has 1 amide bonds. The number of methoxy groups -OCH3 is 1. The second-order valence-corrected chi connectivity index (χ2v) is 2.62. The number of anilines is 1. The number of rotatable bonds is 4. The van der Waals surface area contributed by atoms with Gasteiger partial charge in [-0.1, -0.05) is 6.07 Å². The van der Waals surface area contributed by atoms with Gasteiger partial charge in [-0.05, 0) is 12.1 Å². The lowest BCUT2D eigenvalue weighted by atomic mass is 10.3. The van der Waals surface area contributed by atoms with Crippen LogP contribution in [0.1, 0.15) is 0 Å². The lowest BCUT2D eigenvalue weighted by Gasteiger charge is -2.06. The Labute approximate surface area is 81.6 Å². The highest BCUT2D eigenvalue weighted by Gasteiger charge is 1.99. The van der Waals surface area contributed by atoms with Gasteiger partial charge in [0.1, 0.15) is 5.75 Å². The van der Waals surface area contributed by atoms with Gasteiger partial charge in [0.05, 0.1) is 13.7 Å². The van der Waals surface area contributed by atoms with Gasteiger partial charge in [0.15, 0.2) is 0 Å². The van der Waals surface area contributed by atoms with Crippen LogP contribution >= 0.6 is 0 Å².